The second-order valence-electron chi connectivity index (χ2n) is 4.08. The lowest BCUT2D eigenvalue weighted by Crippen LogP contribution is -2.23. The van der Waals surface area contributed by atoms with Gasteiger partial charge in [-0.3, -0.25) is 4.68 Å². The molecule has 2 atom stereocenters. The Morgan fingerprint density at radius 3 is 2.53 bits per heavy atom. The second kappa shape index (κ2) is 3.31. The number of aliphatic hydroxyl groups is 1. The maximum Gasteiger partial charge on any atom is 0.155 e. The molecule has 0 radical (unpaired) electrons. The van der Waals surface area contributed by atoms with Gasteiger partial charge in [-0.2, -0.15) is 5.10 Å². The molecule has 6 heteroatoms. The van der Waals surface area contributed by atoms with Gasteiger partial charge in [0.15, 0.2) is 9.84 Å². The molecular weight excluding hydrogens is 216 g/mol. The van der Waals surface area contributed by atoms with E-state index in [1.165, 1.54) is 0 Å². The van der Waals surface area contributed by atoms with Crippen LogP contribution in [0.15, 0.2) is 6.07 Å². The number of sulfone groups is 1. The summed E-state index contributed by atoms with van der Waals surface area (Å²) < 4.78 is 24.3. The monoisotopic (exact) mass is 230 g/mol. The fourth-order valence-corrected chi connectivity index (χ4v) is 3.79. The summed E-state index contributed by atoms with van der Waals surface area (Å²) in [6.45, 7) is 3.71. The summed E-state index contributed by atoms with van der Waals surface area (Å²) in [5.74, 6) is -0.174. The Morgan fingerprint density at radius 1 is 1.47 bits per heavy atom. The average molecular weight is 230 g/mol. The molecule has 0 saturated carbocycles. The molecule has 1 unspecified atom stereocenters. The summed E-state index contributed by atoms with van der Waals surface area (Å²) in [5.41, 5.74) is 1.72. The summed E-state index contributed by atoms with van der Waals surface area (Å²) >= 11 is 0. The van der Waals surface area contributed by atoms with Gasteiger partial charge in [-0.1, -0.05) is 0 Å². The third-order valence-corrected chi connectivity index (χ3v) is 4.35. The Labute approximate surface area is 88.6 Å². The maximum absolute atomic E-state index is 11.3. The fraction of sp³-hybridized carbons (Fsp3) is 0.667. The number of nitrogens with zero attached hydrogens (tertiary/aromatic N) is 2. The van der Waals surface area contributed by atoms with E-state index in [-0.39, 0.29) is 11.5 Å². The topological polar surface area (TPSA) is 72.2 Å². The SMILES string of the molecule is Cc1cc(C)n(C2CS(=O)(=O)C[C@H]2O)n1. The lowest BCUT2D eigenvalue weighted by Gasteiger charge is -2.14. The molecule has 1 aliphatic rings. The van der Waals surface area contributed by atoms with Gasteiger partial charge in [0, 0.05) is 5.69 Å². The van der Waals surface area contributed by atoms with Crippen molar-refractivity contribution in [3.8, 4) is 0 Å². The second-order valence-corrected chi connectivity index (χ2v) is 6.24. The number of aromatic nitrogens is 2. The number of hydrogen-bond donors (Lipinski definition) is 1. The van der Waals surface area contributed by atoms with E-state index in [1.807, 2.05) is 19.9 Å². The van der Waals surface area contributed by atoms with E-state index in [1.54, 1.807) is 4.68 Å². The first-order valence-corrected chi connectivity index (χ1v) is 6.62. The summed E-state index contributed by atoms with van der Waals surface area (Å²) in [6.07, 6.45) is -0.840. The molecule has 2 heterocycles. The molecule has 1 N–H and O–H groups in total. The third-order valence-electron chi connectivity index (χ3n) is 2.65. The van der Waals surface area contributed by atoms with Crippen LogP contribution in [0, 0.1) is 13.8 Å². The van der Waals surface area contributed by atoms with E-state index >= 15 is 0 Å². The molecular formula is C9H14N2O3S. The van der Waals surface area contributed by atoms with Crippen molar-refractivity contribution >= 4 is 9.84 Å². The highest BCUT2D eigenvalue weighted by atomic mass is 32.2. The third kappa shape index (κ3) is 1.91. The fourth-order valence-electron chi connectivity index (χ4n) is 2.03. The van der Waals surface area contributed by atoms with Crippen molar-refractivity contribution in [1.82, 2.24) is 9.78 Å². The summed E-state index contributed by atoms with van der Waals surface area (Å²) in [5, 5.41) is 13.9. The van der Waals surface area contributed by atoms with Gasteiger partial charge >= 0.3 is 0 Å². The molecule has 84 valence electrons. The zero-order valence-electron chi connectivity index (χ0n) is 8.71. The first kappa shape index (κ1) is 10.6. The predicted octanol–water partition coefficient (Wildman–Crippen LogP) is -0.170. The van der Waals surface area contributed by atoms with Crippen LogP contribution in [0.2, 0.25) is 0 Å². The van der Waals surface area contributed by atoms with Crippen LogP contribution in [-0.4, -0.2) is 40.9 Å². The Bertz CT molecular complexity index is 478. The van der Waals surface area contributed by atoms with E-state index in [4.69, 9.17) is 0 Å². The smallest absolute Gasteiger partial charge is 0.155 e. The Morgan fingerprint density at radius 2 is 2.13 bits per heavy atom. The number of hydrogen-bond acceptors (Lipinski definition) is 4. The highest BCUT2D eigenvalue weighted by molar-refractivity contribution is 7.91. The molecule has 0 spiro atoms. The Balaban J connectivity index is 2.37. The largest absolute Gasteiger partial charge is 0.390 e. The first-order valence-electron chi connectivity index (χ1n) is 4.80. The van der Waals surface area contributed by atoms with Gasteiger partial charge in [0.05, 0.1) is 29.3 Å². The van der Waals surface area contributed by atoms with Crippen molar-refractivity contribution < 1.29 is 13.5 Å². The van der Waals surface area contributed by atoms with Crippen molar-refractivity contribution in [1.29, 1.82) is 0 Å². The van der Waals surface area contributed by atoms with Crippen LogP contribution in [0.4, 0.5) is 0 Å². The molecule has 1 aromatic heterocycles. The molecule has 2 rings (SSSR count). The van der Waals surface area contributed by atoms with Crippen molar-refractivity contribution in [2.24, 2.45) is 0 Å². The minimum absolute atomic E-state index is 0.0177. The van der Waals surface area contributed by atoms with Crippen LogP contribution in [0.3, 0.4) is 0 Å². The van der Waals surface area contributed by atoms with Gasteiger partial charge in [0.2, 0.25) is 0 Å². The van der Waals surface area contributed by atoms with Gasteiger partial charge in [-0.15, -0.1) is 0 Å². The van der Waals surface area contributed by atoms with Crippen LogP contribution in [0.1, 0.15) is 17.4 Å². The van der Waals surface area contributed by atoms with Gasteiger partial charge in [0.25, 0.3) is 0 Å². The molecule has 0 amide bonds. The van der Waals surface area contributed by atoms with E-state index in [2.05, 4.69) is 5.10 Å². The van der Waals surface area contributed by atoms with Gasteiger partial charge < -0.3 is 5.11 Å². The zero-order chi connectivity index (χ0) is 11.2. The highest BCUT2D eigenvalue weighted by Crippen LogP contribution is 2.25. The molecule has 0 bridgehead atoms. The molecule has 0 aliphatic carbocycles. The molecule has 1 fully saturated rings. The highest BCUT2D eigenvalue weighted by Gasteiger charge is 2.38. The Hall–Kier alpha value is -0.880. The van der Waals surface area contributed by atoms with Gasteiger partial charge in [-0.25, -0.2) is 8.42 Å². The molecule has 15 heavy (non-hydrogen) atoms. The summed E-state index contributed by atoms with van der Waals surface area (Å²) in [7, 11) is -3.11. The standard InChI is InChI=1S/C9H14N2O3S/c1-6-3-7(2)11(10-6)8-4-15(13,14)5-9(8)12/h3,8-9,12H,4-5H2,1-2H3/t8?,9-/m1/s1. The average Bonchev–Trinajstić information content (AvgIpc) is 2.52. The van der Waals surface area contributed by atoms with Gasteiger partial charge in [-0.05, 0) is 19.9 Å². The minimum atomic E-state index is -3.11. The van der Waals surface area contributed by atoms with Crippen molar-refractivity contribution in [3.63, 3.8) is 0 Å². The van der Waals surface area contributed by atoms with Crippen LogP contribution in [0.5, 0.6) is 0 Å². The van der Waals surface area contributed by atoms with E-state index in [9.17, 15) is 13.5 Å². The molecule has 1 aliphatic heterocycles. The normalized spacial score (nSPS) is 29.5. The Kier molecular flexibility index (Phi) is 2.35. The molecule has 1 saturated heterocycles. The number of rotatable bonds is 1. The van der Waals surface area contributed by atoms with Crippen LogP contribution in [0.25, 0.3) is 0 Å². The number of aliphatic hydroxyl groups excluding tert-OH is 1. The van der Waals surface area contributed by atoms with E-state index in [0.717, 1.165) is 11.4 Å². The van der Waals surface area contributed by atoms with Crippen LogP contribution in [-0.2, 0) is 9.84 Å². The number of aryl methyl sites for hydroxylation is 2. The van der Waals surface area contributed by atoms with Crippen molar-refractivity contribution in [3.05, 3.63) is 17.5 Å². The van der Waals surface area contributed by atoms with Crippen molar-refractivity contribution in [2.75, 3.05) is 11.5 Å². The molecule has 5 nitrogen and oxygen atoms in total. The van der Waals surface area contributed by atoms with Crippen LogP contribution >= 0.6 is 0 Å². The van der Waals surface area contributed by atoms with Gasteiger partial charge in [0.1, 0.15) is 0 Å². The van der Waals surface area contributed by atoms with Crippen LogP contribution < -0.4 is 0 Å². The quantitative estimate of drug-likeness (QED) is 0.727. The summed E-state index contributed by atoms with van der Waals surface area (Å²) in [6, 6.07) is 1.45. The minimum Gasteiger partial charge on any atom is -0.390 e. The first-order chi connectivity index (χ1) is 6.89. The van der Waals surface area contributed by atoms with E-state index in [0.29, 0.717) is 0 Å². The predicted molar refractivity (Wildman–Crippen MR) is 55.4 cm³/mol. The van der Waals surface area contributed by atoms with E-state index < -0.39 is 22.0 Å². The lowest BCUT2D eigenvalue weighted by molar-refractivity contribution is 0.145. The molecule has 1 aromatic rings. The lowest BCUT2D eigenvalue weighted by atomic mass is 10.2. The zero-order valence-corrected chi connectivity index (χ0v) is 9.53. The maximum atomic E-state index is 11.3. The van der Waals surface area contributed by atoms with Crippen molar-refractivity contribution in [2.45, 2.75) is 26.0 Å². The summed E-state index contributed by atoms with van der Waals surface area (Å²) in [4.78, 5) is 0. The molecule has 0 aromatic carbocycles.